The van der Waals surface area contributed by atoms with Gasteiger partial charge < -0.3 is 19.8 Å². The van der Waals surface area contributed by atoms with E-state index in [0.717, 1.165) is 5.56 Å². The number of ether oxygens (including phenoxy) is 1. The van der Waals surface area contributed by atoms with Crippen molar-refractivity contribution >= 4 is 45.4 Å². The number of carbonyl (C=O) groups is 2. The molecule has 8 heteroatoms. The lowest BCUT2D eigenvalue weighted by molar-refractivity contribution is 0.0995. The molecule has 0 unspecified atom stereocenters. The zero-order chi connectivity index (χ0) is 21.8. The Hall–Kier alpha value is -3.55. The highest BCUT2D eigenvalue weighted by Crippen LogP contribution is 2.34. The largest absolute Gasteiger partial charge is 0.459 e. The van der Waals surface area contributed by atoms with Crippen molar-refractivity contribution in [1.82, 2.24) is 0 Å². The first-order valence-corrected chi connectivity index (χ1v) is 10.5. The summed E-state index contributed by atoms with van der Waals surface area (Å²) in [4.78, 5) is 25.6. The Labute approximate surface area is 187 Å². The van der Waals surface area contributed by atoms with Gasteiger partial charge in [-0.15, -0.1) is 11.3 Å². The Morgan fingerprint density at radius 3 is 2.42 bits per heavy atom. The molecule has 0 spiro atoms. The third-order valence-electron chi connectivity index (χ3n) is 4.30. The molecule has 4 aromatic rings. The molecule has 6 nitrogen and oxygen atoms in total. The number of para-hydroxylation sites is 3. The molecular formula is C23H17ClN2O4S. The minimum atomic E-state index is -0.378. The lowest BCUT2D eigenvalue weighted by Crippen LogP contribution is -2.12. The molecule has 156 valence electrons. The quantitative estimate of drug-likeness (QED) is 0.345. The predicted molar refractivity (Wildman–Crippen MR) is 122 cm³/mol. The molecule has 31 heavy (non-hydrogen) atoms. The topological polar surface area (TPSA) is 80.6 Å². The van der Waals surface area contributed by atoms with E-state index in [1.165, 1.54) is 17.6 Å². The van der Waals surface area contributed by atoms with E-state index in [-0.39, 0.29) is 17.6 Å². The van der Waals surface area contributed by atoms with Crippen LogP contribution in [0.5, 0.6) is 11.5 Å². The fourth-order valence-corrected chi connectivity index (χ4v) is 3.97. The number of thiophene rings is 1. The predicted octanol–water partition coefficient (Wildman–Crippen LogP) is 6.60. The molecule has 2 heterocycles. The van der Waals surface area contributed by atoms with Crippen LogP contribution in [0.3, 0.4) is 0 Å². The van der Waals surface area contributed by atoms with Crippen molar-refractivity contribution in [2.75, 3.05) is 10.6 Å². The van der Waals surface area contributed by atoms with Crippen LogP contribution < -0.4 is 15.4 Å². The number of anilines is 2. The molecular weight excluding hydrogens is 436 g/mol. The fourth-order valence-electron chi connectivity index (χ4n) is 2.83. The number of hydrogen-bond acceptors (Lipinski definition) is 5. The molecule has 0 saturated heterocycles. The molecule has 2 aromatic heterocycles. The van der Waals surface area contributed by atoms with Crippen LogP contribution in [-0.2, 0) is 0 Å². The van der Waals surface area contributed by atoms with Gasteiger partial charge in [0, 0.05) is 0 Å². The van der Waals surface area contributed by atoms with Gasteiger partial charge in [0.05, 0.1) is 26.9 Å². The summed E-state index contributed by atoms with van der Waals surface area (Å²) >= 11 is 7.36. The third-order valence-corrected chi connectivity index (χ3v) is 5.76. The summed E-state index contributed by atoms with van der Waals surface area (Å²) in [6.45, 7) is 1.81. The standard InChI is InChI=1S/C23H17ClN2O4S/c1-14-13-20(26-22(27)19-11-6-12-29-19)31-21(14)23(28)25-16-8-3-5-10-18(16)30-17-9-4-2-7-15(17)24/h2-13H,1H3,(H,25,28)(H,26,27). The van der Waals surface area contributed by atoms with Gasteiger partial charge in [0.2, 0.25) is 0 Å². The molecule has 0 fully saturated rings. The number of furan rings is 1. The molecule has 4 rings (SSSR count). The fraction of sp³-hybridized carbons (Fsp3) is 0.0435. The van der Waals surface area contributed by atoms with Crippen LogP contribution in [0.25, 0.3) is 0 Å². The SMILES string of the molecule is Cc1cc(NC(=O)c2ccco2)sc1C(=O)Nc1ccccc1Oc1ccccc1Cl. The lowest BCUT2D eigenvalue weighted by atomic mass is 10.2. The number of rotatable bonds is 6. The van der Waals surface area contributed by atoms with Crippen LogP contribution >= 0.6 is 22.9 Å². The molecule has 0 bridgehead atoms. The smallest absolute Gasteiger partial charge is 0.291 e. The average Bonchev–Trinajstić information content (AvgIpc) is 3.41. The highest BCUT2D eigenvalue weighted by molar-refractivity contribution is 7.18. The van der Waals surface area contributed by atoms with Gasteiger partial charge in [0.15, 0.2) is 11.5 Å². The van der Waals surface area contributed by atoms with Crippen LogP contribution in [0, 0.1) is 6.92 Å². The Morgan fingerprint density at radius 1 is 0.935 bits per heavy atom. The van der Waals surface area contributed by atoms with E-state index in [1.54, 1.807) is 61.5 Å². The van der Waals surface area contributed by atoms with E-state index in [9.17, 15) is 9.59 Å². The first-order valence-electron chi connectivity index (χ1n) is 9.29. The van der Waals surface area contributed by atoms with Crippen LogP contribution in [0.15, 0.2) is 77.4 Å². The first kappa shape index (κ1) is 20.7. The maximum atomic E-state index is 12.9. The summed E-state index contributed by atoms with van der Waals surface area (Å²) in [5, 5.41) is 6.63. The van der Waals surface area contributed by atoms with Crippen molar-refractivity contribution in [3.63, 3.8) is 0 Å². The zero-order valence-corrected chi connectivity index (χ0v) is 17.9. The van der Waals surface area contributed by atoms with Gasteiger partial charge in [-0.2, -0.15) is 0 Å². The molecule has 0 aliphatic rings. The second kappa shape index (κ2) is 9.07. The second-order valence-corrected chi connectivity index (χ2v) is 8.00. The van der Waals surface area contributed by atoms with Crippen molar-refractivity contribution < 1.29 is 18.7 Å². The molecule has 0 radical (unpaired) electrons. The van der Waals surface area contributed by atoms with Gasteiger partial charge in [-0.1, -0.05) is 35.9 Å². The first-order chi connectivity index (χ1) is 15.0. The number of benzene rings is 2. The molecule has 2 N–H and O–H groups in total. The van der Waals surface area contributed by atoms with Crippen LogP contribution in [0.1, 0.15) is 25.8 Å². The van der Waals surface area contributed by atoms with Crippen LogP contribution in [-0.4, -0.2) is 11.8 Å². The highest BCUT2D eigenvalue weighted by Gasteiger charge is 2.18. The summed E-state index contributed by atoms with van der Waals surface area (Å²) in [5.41, 5.74) is 1.24. The van der Waals surface area contributed by atoms with Crippen molar-refractivity contribution in [2.24, 2.45) is 0 Å². The summed E-state index contributed by atoms with van der Waals surface area (Å²) in [5.74, 6) is 0.459. The number of amides is 2. The van der Waals surface area contributed by atoms with E-state index < -0.39 is 0 Å². The van der Waals surface area contributed by atoms with Crippen molar-refractivity contribution in [3.8, 4) is 11.5 Å². The Bertz CT molecular complexity index is 1230. The van der Waals surface area contributed by atoms with E-state index in [2.05, 4.69) is 10.6 Å². The minimum Gasteiger partial charge on any atom is -0.459 e. The monoisotopic (exact) mass is 452 g/mol. The highest BCUT2D eigenvalue weighted by atomic mass is 35.5. The van der Waals surface area contributed by atoms with Crippen LogP contribution in [0.2, 0.25) is 5.02 Å². The average molecular weight is 453 g/mol. The van der Waals surface area contributed by atoms with E-state index >= 15 is 0 Å². The van der Waals surface area contributed by atoms with Gasteiger partial charge >= 0.3 is 0 Å². The lowest BCUT2D eigenvalue weighted by Gasteiger charge is -2.13. The summed E-state index contributed by atoms with van der Waals surface area (Å²) in [6, 6.07) is 19.1. The maximum absolute atomic E-state index is 12.9. The number of hydrogen-bond donors (Lipinski definition) is 2. The number of carbonyl (C=O) groups excluding carboxylic acids is 2. The summed E-state index contributed by atoms with van der Waals surface area (Å²) in [7, 11) is 0. The Balaban J connectivity index is 1.51. The van der Waals surface area contributed by atoms with Crippen molar-refractivity contribution in [2.45, 2.75) is 6.92 Å². The van der Waals surface area contributed by atoms with Crippen molar-refractivity contribution in [1.29, 1.82) is 0 Å². The summed E-state index contributed by atoms with van der Waals surface area (Å²) in [6.07, 6.45) is 1.43. The van der Waals surface area contributed by atoms with E-state index in [1.807, 2.05) is 12.1 Å². The Morgan fingerprint density at radius 2 is 1.68 bits per heavy atom. The van der Waals surface area contributed by atoms with Crippen LogP contribution in [0.4, 0.5) is 10.7 Å². The van der Waals surface area contributed by atoms with Gasteiger partial charge in [0.1, 0.15) is 5.75 Å². The van der Waals surface area contributed by atoms with Gasteiger partial charge in [-0.3, -0.25) is 9.59 Å². The molecule has 2 aromatic carbocycles. The number of nitrogens with one attached hydrogen (secondary N) is 2. The molecule has 2 amide bonds. The second-order valence-electron chi connectivity index (χ2n) is 6.54. The molecule has 0 saturated carbocycles. The maximum Gasteiger partial charge on any atom is 0.291 e. The van der Waals surface area contributed by atoms with E-state index in [4.69, 9.17) is 20.8 Å². The van der Waals surface area contributed by atoms with Gasteiger partial charge in [-0.05, 0) is 55.0 Å². The third kappa shape index (κ3) is 4.79. The van der Waals surface area contributed by atoms with Gasteiger partial charge in [0.25, 0.3) is 11.8 Å². The molecule has 0 aliphatic heterocycles. The molecule has 0 atom stereocenters. The number of halogens is 1. The van der Waals surface area contributed by atoms with Gasteiger partial charge in [-0.25, -0.2) is 0 Å². The number of aryl methyl sites for hydroxylation is 1. The van der Waals surface area contributed by atoms with Crippen molar-refractivity contribution in [3.05, 3.63) is 94.2 Å². The normalized spacial score (nSPS) is 10.5. The molecule has 0 aliphatic carbocycles. The van der Waals surface area contributed by atoms with E-state index in [0.29, 0.717) is 32.1 Å². The summed E-state index contributed by atoms with van der Waals surface area (Å²) < 4.78 is 11.0. The zero-order valence-electron chi connectivity index (χ0n) is 16.3. The minimum absolute atomic E-state index is 0.197. The Kier molecular flexibility index (Phi) is 6.06.